The number of piperazine rings is 1. The van der Waals surface area contributed by atoms with Gasteiger partial charge in [-0.05, 0) is 30.2 Å². The van der Waals surface area contributed by atoms with Crippen molar-refractivity contribution < 1.29 is 14.4 Å². The summed E-state index contributed by atoms with van der Waals surface area (Å²) in [6.07, 6.45) is 0. The van der Waals surface area contributed by atoms with Crippen LogP contribution in [-0.2, 0) is 4.79 Å². The molecule has 0 saturated carbocycles. The molecular weight excluding hydrogens is 398 g/mol. The number of ether oxygens (including phenoxy) is 1. The van der Waals surface area contributed by atoms with Crippen LogP contribution in [0, 0.1) is 0 Å². The maximum atomic E-state index is 13.3. The standard InChI is InChI=1S/C27H31N3O2/c1-21(29-17-19-30(20-18-29)24-15-9-10-16-25(24)32-2)27(31)28-26(22-11-5-3-6-12-22)23-13-7-4-8-14-23/h3-16,21,26H,17-20H2,1-2H3,(H,28,31)/p+1/t21-/m0/s1. The molecule has 0 radical (unpaired) electrons. The normalized spacial score (nSPS) is 15.4. The number of carbonyl (C=O) groups is 1. The Labute approximate surface area is 190 Å². The van der Waals surface area contributed by atoms with Crippen LogP contribution in [0.15, 0.2) is 84.9 Å². The van der Waals surface area contributed by atoms with Gasteiger partial charge in [-0.25, -0.2) is 0 Å². The van der Waals surface area contributed by atoms with Crippen LogP contribution in [0.4, 0.5) is 5.69 Å². The predicted octanol–water partition coefficient (Wildman–Crippen LogP) is 2.69. The van der Waals surface area contributed by atoms with Crippen LogP contribution in [0.3, 0.4) is 0 Å². The van der Waals surface area contributed by atoms with Gasteiger partial charge in [-0.1, -0.05) is 72.8 Å². The second-order valence-corrected chi connectivity index (χ2v) is 8.30. The number of nitrogens with one attached hydrogen (secondary N) is 2. The highest BCUT2D eigenvalue weighted by Crippen LogP contribution is 2.27. The Balaban J connectivity index is 1.42. The summed E-state index contributed by atoms with van der Waals surface area (Å²) in [5.41, 5.74) is 3.31. The average molecular weight is 431 g/mol. The molecule has 1 aliphatic heterocycles. The van der Waals surface area contributed by atoms with E-state index in [1.807, 2.05) is 61.5 Å². The maximum absolute atomic E-state index is 13.3. The Bertz CT molecular complexity index is 962. The van der Waals surface area contributed by atoms with Gasteiger partial charge in [-0.3, -0.25) is 4.79 Å². The highest BCUT2D eigenvalue weighted by atomic mass is 16.5. The number of anilines is 1. The maximum Gasteiger partial charge on any atom is 0.278 e. The largest absolute Gasteiger partial charge is 0.495 e. The SMILES string of the molecule is COc1ccccc1N1CC[NH+]([C@@H](C)C(=O)NC(c2ccccc2)c2ccccc2)CC1. The van der Waals surface area contributed by atoms with Gasteiger partial charge in [0, 0.05) is 0 Å². The van der Waals surface area contributed by atoms with Crippen molar-refractivity contribution in [3.8, 4) is 5.75 Å². The minimum absolute atomic E-state index is 0.0865. The topological polar surface area (TPSA) is 46.0 Å². The molecule has 4 rings (SSSR count). The Kier molecular flexibility index (Phi) is 7.07. The minimum atomic E-state index is -0.151. The van der Waals surface area contributed by atoms with Crippen molar-refractivity contribution in [3.05, 3.63) is 96.1 Å². The van der Waals surface area contributed by atoms with Crippen LogP contribution in [0.2, 0.25) is 0 Å². The Morgan fingerprint density at radius 3 is 1.97 bits per heavy atom. The number of nitrogens with zero attached hydrogens (tertiary/aromatic N) is 1. The first-order valence-corrected chi connectivity index (χ1v) is 11.3. The summed E-state index contributed by atoms with van der Waals surface area (Å²) in [4.78, 5) is 17.0. The lowest BCUT2D eigenvalue weighted by Crippen LogP contribution is -3.19. The quantitative estimate of drug-likeness (QED) is 0.606. The fraction of sp³-hybridized carbons (Fsp3) is 0.296. The lowest BCUT2D eigenvalue weighted by molar-refractivity contribution is -0.914. The third-order valence-corrected chi connectivity index (χ3v) is 6.39. The Morgan fingerprint density at radius 2 is 1.41 bits per heavy atom. The fourth-order valence-electron chi connectivity index (χ4n) is 4.46. The summed E-state index contributed by atoms with van der Waals surface area (Å²) in [7, 11) is 1.71. The van der Waals surface area contributed by atoms with Crippen LogP contribution < -0.4 is 19.9 Å². The molecule has 1 atom stereocenters. The van der Waals surface area contributed by atoms with Gasteiger partial charge < -0.3 is 19.9 Å². The average Bonchev–Trinajstić information content (AvgIpc) is 2.87. The lowest BCUT2D eigenvalue weighted by atomic mass is 9.98. The molecule has 1 aliphatic rings. The molecule has 0 aromatic heterocycles. The van der Waals surface area contributed by atoms with E-state index in [0.29, 0.717) is 0 Å². The molecule has 2 N–H and O–H groups in total. The molecule has 1 fully saturated rings. The van der Waals surface area contributed by atoms with E-state index in [0.717, 1.165) is 48.7 Å². The van der Waals surface area contributed by atoms with Gasteiger partial charge in [-0.15, -0.1) is 0 Å². The third-order valence-electron chi connectivity index (χ3n) is 6.39. The molecule has 1 heterocycles. The van der Waals surface area contributed by atoms with Crippen molar-refractivity contribution in [2.24, 2.45) is 0 Å². The molecule has 5 nitrogen and oxygen atoms in total. The number of hydrogen-bond donors (Lipinski definition) is 2. The van der Waals surface area contributed by atoms with Crippen LogP contribution in [-0.4, -0.2) is 45.2 Å². The van der Waals surface area contributed by atoms with Crippen LogP contribution >= 0.6 is 0 Å². The summed E-state index contributed by atoms with van der Waals surface area (Å²) in [5, 5.41) is 3.31. The minimum Gasteiger partial charge on any atom is -0.495 e. The molecule has 32 heavy (non-hydrogen) atoms. The molecule has 0 bridgehead atoms. The van der Waals surface area contributed by atoms with Crippen molar-refractivity contribution in [3.63, 3.8) is 0 Å². The second-order valence-electron chi connectivity index (χ2n) is 8.30. The van der Waals surface area contributed by atoms with Gasteiger partial charge in [0.2, 0.25) is 0 Å². The Morgan fingerprint density at radius 1 is 0.875 bits per heavy atom. The number of quaternary nitrogens is 1. The zero-order valence-corrected chi connectivity index (χ0v) is 18.8. The van der Waals surface area contributed by atoms with Crippen LogP contribution in [0.1, 0.15) is 24.1 Å². The summed E-state index contributed by atoms with van der Waals surface area (Å²) in [6.45, 7) is 5.65. The molecule has 3 aromatic rings. The summed E-state index contributed by atoms with van der Waals surface area (Å²) < 4.78 is 5.53. The highest BCUT2D eigenvalue weighted by Gasteiger charge is 2.31. The molecule has 3 aromatic carbocycles. The van der Waals surface area contributed by atoms with Crippen LogP contribution in [0.5, 0.6) is 5.75 Å². The second kappa shape index (κ2) is 10.3. The Hall–Kier alpha value is -3.31. The van der Waals surface area contributed by atoms with E-state index in [4.69, 9.17) is 4.74 Å². The molecule has 166 valence electrons. The van der Waals surface area contributed by atoms with Crippen molar-refractivity contribution in [1.29, 1.82) is 0 Å². The van der Waals surface area contributed by atoms with E-state index < -0.39 is 0 Å². The summed E-state index contributed by atoms with van der Waals surface area (Å²) >= 11 is 0. The smallest absolute Gasteiger partial charge is 0.278 e. The molecule has 0 spiro atoms. The summed E-state index contributed by atoms with van der Waals surface area (Å²) in [5.74, 6) is 0.985. The number of amides is 1. The van der Waals surface area contributed by atoms with Gasteiger partial charge in [0.15, 0.2) is 6.04 Å². The van der Waals surface area contributed by atoms with Gasteiger partial charge in [0.25, 0.3) is 5.91 Å². The molecule has 5 heteroatoms. The van der Waals surface area contributed by atoms with E-state index in [1.54, 1.807) is 7.11 Å². The zero-order valence-electron chi connectivity index (χ0n) is 18.8. The number of benzene rings is 3. The van der Waals surface area contributed by atoms with E-state index in [1.165, 1.54) is 4.90 Å². The first-order valence-electron chi connectivity index (χ1n) is 11.3. The number of hydrogen-bond acceptors (Lipinski definition) is 3. The molecule has 0 aliphatic carbocycles. The molecule has 0 unspecified atom stereocenters. The lowest BCUT2D eigenvalue weighted by Gasteiger charge is -2.36. The number of carbonyl (C=O) groups excluding carboxylic acids is 1. The fourth-order valence-corrected chi connectivity index (χ4v) is 4.46. The van der Waals surface area contributed by atoms with Crippen LogP contribution in [0.25, 0.3) is 0 Å². The van der Waals surface area contributed by atoms with Gasteiger partial charge in [0.1, 0.15) is 5.75 Å². The highest BCUT2D eigenvalue weighted by molar-refractivity contribution is 5.81. The molecule has 1 saturated heterocycles. The van der Waals surface area contributed by atoms with E-state index in [-0.39, 0.29) is 18.0 Å². The van der Waals surface area contributed by atoms with E-state index >= 15 is 0 Å². The van der Waals surface area contributed by atoms with Gasteiger partial charge >= 0.3 is 0 Å². The van der Waals surface area contributed by atoms with Crippen molar-refractivity contribution in [2.45, 2.75) is 19.0 Å². The van der Waals surface area contributed by atoms with Crippen molar-refractivity contribution in [2.75, 3.05) is 38.2 Å². The monoisotopic (exact) mass is 430 g/mol. The number of rotatable bonds is 7. The van der Waals surface area contributed by atoms with Crippen molar-refractivity contribution in [1.82, 2.24) is 5.32 Å². The van der Waals surface area contributed by atoms with E-state index in [2.05, 4.69) is 40.5 Å². The molecule has 1 amide bonds. The van der Waals surface area contributed by atoms with Gasteiger partial charge in [-0.2, -0.15) is 0 Å². The zero-order chi connectivity index (χ0) is 22.3. The van der Waals surface area contributed by atoms with Gasteiger partial charge in [0.05, 0.1) is 45.0 Å². The number of methoxy groups -OCH3 is 1. The predicted molar refractivity (Wildman–Crippen MR) is 128 cm³/mol. The number of para-hydroxylation sites is 2. The van der Waals surface area contributed by atoms with E-state index in [9.17, 15) is 4.79 Å². The third kappa shape index (κ3) is 4.94. The first kappa shape index (κ1) is 21.9. The molecular formula is C27H32N3O2+. The summed E-state index contributed by atoms with van der Waals surface area (Å²) in [6, 6.07) is 28.2. The van der Waals surface area contributed by atoms with Crippen molar-refractivity contribution >= 4 is 11.6 Å². The first-order chi connectivity index (χ1) is 15.7.